The molecule has 1 saturated heterocycles. The molecule has 1 fully saturated rings. The largest absolute Gasteiger partial charge is 0.384 e. The summed E-state index contributed by atoms with van der Waals surface area (Å²) in [5.41, 5.74) is 2.38. The minimum absolute atomic E-state index is 0.00409. The van der Waals surface area contributed by atoms with Crippen molar-refractivity contribution in [2.75, 3.05) is 39.1 Å². The maximum Gasteiger partial charge on any atom is 0.213 e. The first kappa shape index (κ1) is 17.4. The van der Waals surface area contributed by atoms with E-state index < -0.39 is 10.0 Å². The molecule has 1 unspecified atom stereocenters. The Balaban J connectivity index is 2.06. The van der Waals surface area contributed by atoms with Crippen LogP contribution in [-0.4, -0.2) is 52.4 Å². The Morgan fingerprint density at radius 2 is 1.86 bits per heavy atom. The van der Waals surface area contributed by atoms with Crippen LogP contribution < -0.4 is 4.72 Å². The molecule has 0 radical (unpaired) electrons. The van der Waals surface area contributed by atoms with Gasteiger partial charge in [-0.25, -0.2) is 13.1 Å². The standard InChI is InChI=1S/C16H26N2O3S/c1-14-5-7-15(8-6-14)16(18-9-3-4-10-18)13-17-22(19,20)12-11-21-2/h5-8,16-17H,3-4,9-13H2,1-2H3. The predicted octanol–water partition coefficient (Wildman–Crippen LogP) is 1.70. The average molecular weight is 326 g/mol. The van der Waals surface area contributed by atoms with E-state index in [1.165, 1.54) is 31.1 Å². The van der Waals surface area contributed by atoms with Gasteiger partial charge in [0.25, 0.3) is 0 Å². The highest BCUT2D eigenvalue weighted by atomic mass is 32.2. The molecule has 1 N–H and O–H groups in total. The zero-order valence-corrected chi connectivity index (χ0v) is 14.2. The summed E-state index contributed by atoms with van der Waals surface area (Å²) in [4.78, 5) is 2.36. The van der Waals surface area contributed by atoms with Crippen LogP contribution in [0.3, 0.4) is 0 Å². The molecular formula is C16H26N2O3S. The molecule has 1 aromatic carbocycles. The highest BCUT2D eigenvalue weighted by molar-refractivity contribution is 7.89. The minimum atomic E-state index is -3.29. The van der Waals surface area contributed by atoms with Crippen molar-refractivity contribution in [2.45, 2.75) is 25.8 Å². The van der Waals surface area contributed by atoms with Gasteiger partial charge in [0.15, 0.2) is 0 Å². The molecule has 5 nitrogen and oxygen atoms in total. The molecular weight excluding hydrogens is 300 g/mol. The smallest absolute Gasteiger partial charge is 0.213 e. The topological polar surface area (TPSA) is 58.6 Å². The van der Waals surface area contributed by atoms with Gasteiger partial charge < -0.3 is 4.74 Å². The molecule has 0 spiro atoms. The fourth-order valence-corrected chi connectivity index (χ4v) is 3.71. The van der Waals surface area contributed by atoms with Crippen LogP contribution in [0.15, 0.2) is 24.3 Å². The molecule has 1 atom stereocenters. The van der Waals surface area contributed by atoms with E-state index in [0.29, 0.717) is 6.54 Å². The average Bonchev–Trinajstić information content (AvgIpc) is 3.01. The van der Waals surface area contributed by atoms with Gasteiger partial charge in [0.1, 0.15) is 0 Å². The zero-order valence-electron chi connectivity index (χ0n) is 13.4. The van der Waals surface area contributed by atoms with Gasteiger partial charge in [-0.2, -0.15) is 0 Å². The lowest BCUT2D eigenvalue weighted by molar-refractivity contribution is 0.216. The van der Waals surface area contributed by atoms with E-state index in [-0.39, 0.29) is 18.4 Å². The van der Waals surface area contributed by atoms with Gasteiger partial charge in [-0.05, 0) is 38.4 Å². The number of sulfonamides is 1. The number of methoxy groups -OCH3 is 1. The fraction of sp³-hybridized carbons (Fsp3) is 0.625. The molecule has 1 aliphatic heterocycles. The second-order valence-electron chi connectivity index (χ2n) is 5.83. The number of nitrogens with one attached hydrogen (secondary N) is 1. The van der Waals surface area contributed by atoms with Gasteiger partial charge in [0.05, 0.1) is 12.4 Å². The van der Waals surface area contributed by atoms with Crippen molar-refractivity contribution >= 4 is 10.0 Å². The van der Waals surface area contributed by atoms with Gasteiger partial charge in [-0.3, -0.25) is 4.90 Å². The Hall–Kier alpha value is -0.950. The maximum absolute atomic E-state index is 12.0. The predicted molar refractivity (Wildman–Crippen MR) is 88.4 cm³/mol. The van der Waals surface area contributed by atoms with Crippen LogP contribution in [0.2, 0.25) is 0 Å². The number of benzene rings is 1. The molecule has 1 aliphatic rings. The first-order chi connectivity index (χ1) is 10.5. The normalized spacial score (nSPS) is 17.7. The molecule has 22 heavy (non-hydrogen) atoms. The minimum Gasteiger partial charge on any atom is -0.384 e. The lowest BCUT2D eigenvalue weighted by Crippen LogP contribution is -2.38. The SMILES string of the molecule is COCCS(=O)(=O)NCC(c1ccc(C)cc1)N1CCCC1. The van der Waals surface area contributed by atoms with Gasteiger partial charge >= 0.3 is 0 Å². The van der Waals surface area contributed by atoms with Crippen molar-refractivity contribution in [1.29, 1.82) is 0 Å². The Labute approximate surface area is 133 Å². The summed E-state index contributed by atoms with van der Waals surface area (Å²) in [5, 5.41) is 0. The van der Waals surface area contributed by atoms with Crippen molar-refractivity contribution in [3.05, 3.63) is 35.4 Å². The molecule has 0 amide bonds. The van der Waals surface area contributed by atoms with Crippen molar-refractivity contribution in [1.82, 2.24) is 9.62 Å². The lowest BCUT2D eigenvalue weighted by Gasteiger charge is -2.28. The van der Waals surface area contributed by atoms with E-state index in [0.717, 1.165) is 13.1 Å². The number of hydrogen-bond donors (Lipinski definition) is 1. The van der Waals surface area contributed by atoms with Crippen LogP contribution in [0.5, 0.6) is 0 Å². The summed E-state index contributed by atoms with van der Waals surface area (Å²) < 4.78 is 31.6. The molecule has 6 heteroatoms. The third-order valence-electron chi connectivity index (χ3n) is 4.10. The van der Waals surface area contributed by atoms with E-state index in [1.807, 2.05) is 0 Å². The molecule has 0 aliphatic carbocycles. The van der Waals surface area contributed by atoms with Gasteiger partial charge in [0, 0.05) is 19.7 Å². The van der Waals surface area contributed by atoms with E-state index in [4.69, 9.17) is 4.74 Å². The van der Waals surface area contributed by atoms with Gasteiger partial charge in [0.2, 0.25) is 10.0 Å². The summed E-state index contributed by atoms with van der Waals surface area (Å²) in [6, 6.07) is 8.46. The van der Waals surface area contributed by atoms with Crippen molar-refractivity contribution < 1.29 is 13.2 Å². The maximum atomic E-state index is 12.0. The molecule has 2 rings (SSSR count). The Morgan fingerprint density at radius 3 is 2.45 bits per heavy atom. The fourth-order valence-electron chi connectivity index (χ4n) is 2.77. The van der Waals surface area contributed by atoms with Crippen LogP contribution in [0.4, 0.5) is 0 Å². The molecule has 1 heterocycles. The number of rotatable bonds is 8. The number of hydrogen-bond acceptors (Lipinski definition) is 4. The van der Waals surface area contributed by atoms with E-state index >= 15 is 0 Å². The molecule has 124 valence electrons. The van der Waals surface area contributed by atoms with Crippen molar-refractivity contribution in [3.63, 3.8) is 0 Å². The second kappa shape index (κ2) is 8.06. The van der Waals surface area contributed by atoms with Crippen LogP contribution in [0.1, 0.15) is 30.0 Å². The van der Waals surface area contributed by atoms with Crippen molar-refractivity contribution in [3.8, 4) is 0 Å². The van der Waals surface area contributed by atoms with E-state index in [2.05, 4.69) is 40.8 Å². The summed E-state index contributed by atoms with van der Waals surface area (Å²) in [5.74, 6) is 0.00409. The summed E-state index contributed by atoms with van der Waals surface area (Å²) in [6.07, 6.45) is 2.36. The highest BCUT2D eigenvalue weighted by Crippen LogP contribution is 2.25. The molecule has 1 aromatic rings. The third kappa shape index (κ3) is 5.05. The molecule has 0 saturated carbocycles. The molecule has 0 bridgehead atoms. The number of aryl methyl sites for hydroxylation is 1. The van der Waals surface area contributed by atoms with Crippen molar-refractivity contribution in [2.24, 2.45) is 0 Å². The van der Waals surface area contributed by atoms with Crippen LogP contribution in [-0.2, 0) is 14.8 Å². The van der Waals surface area contributed by atoms with E-state index in [9.17, 15) is 8.42 Å². The Morgan fingerprint density at radius 1 is 1.23 bits per heavy atom. The zero-order chi connectivity index (χ0) is 16.0. The Kier molecular flexibility index (Phi) is 6.37. The molecule has 0 aromatic heterocycles. The lowest BCUT2D eigenvalue weighted by atomic mass is 10.0. The highest BCUT2D eigenvalue weighted by Gasteiger charge is 2.24. The van der Waals surface area contributed by atoms with Gasteiger partial charge in [-0.15, -0.1) is 0 Å². The first-order valence-corrected chi connectivity index (χ1v) is 9.44. The third-order valence-corrected chi connectivity index (χ3v) is 5.41. The van der Waals surface area contributed by atoms with Crippen LogP contribution in [0.25, 0.3) is 0 Å². The number of nitrogens with zero attached hydrogens (tertiary/aromatic N) is 1. The number of likely N-dealkylation sites (tertiary alicyclic amines) is 1. The summed E-state index contributed by atoms with van der Waals surface area (Å²) >= 11 is 0. The summed E-state index contributed by atoms with van der Waals surface area (Å²) in [6.45, 7) is 4.74. The monoisotopic (exact) mass is 326 g/mol. The van der Waals surface area contributed by atoms with Crippen LogP contribution >= 0.6 is 0 Å². The Bertz CT molecular complexity index is 551. The summed E-state index contributed by atoms with van der Waals surface area (Å²) in [7, 11) is -1.78. The second-order valence-corrected chi connectivity index (χ2v) is 7.76. The van der Waals surface area contributed by atoms with Crippen LogP contribution in [0, 0.1) is 6.92 Å². The van der Waals surface area contributed by atoms with Gasteiger partial charge in [-0.1, -0.05) is 29.8 Å². The first-order valence-electron chi connectivity index (χ1n) is 7.79. The van der Waals surface area contributed by atoms with E-state index in [1.54, 1.807) is 0 Å². The quantitative estimate of drug-likeness (QED) is 0.790. The number of ether oxygens (including phenoxy) is 1.